The molecule has 0 saturated carbocycles. The summed E-state index contributed by atoms with van der Waals surface area (Å²) in [5.41, 5.74) is 3.13. The van der Waals surface area contributed by atoms with E-state index in [2.05, 4.69) is 36.9 Å². The van der Waals surface area contributed by atoms with E-state index < -0.39 is 0 Å². The van der Waals surface area contributed by atoms with Gasteiger partial charge in [-0.1, -0.05) is 36.1 Å². The number of thioether (sulfide) groups is 1. The number of anilines is 3. The van der Waals surface area contributed by atoms with Gasteiger partial charge in [-0.2, -0.15) is 0 Å². The fourth-order valence-electron chi connectivity index (χ4n) is 4.30. The normalized spacial score (nSPS) is 13.2. The highest BCUT2D eigenvalue weighted by Gasteiger charge is 2.22. The molecule has 0 unspecified atom stereocenters. The van der Waals surface area contributed by atoms with Crippen molar-refractivity contribution in [2.24, 2.45) is 10.4 Å². The van der Waals surface area contributed by atoms with Crippen LogP contribution < -0.4 is 26.6 Å². The molecule has 0 spiro atoms. The molecule has 14 heteroatoms. The predicted molar refractivity (Wildman–Crippen MR) is 178 cm³/mol. The van der Waals surface area contributed by atoms with Crippen LogP contribution in [-0.2, 0) is 4.79 Å². The van der Waals surface area contributed by atoms with Crippen LogP contribution in [0.2, 0.25) is 0 Å². The lowest BCUT2D eigenvalue weighted by Crippen LogP contribution is -2.26. The molecule has 3 aromatic rings. The van der Waals surface area contributed by atoms with Gasteiger partial charge in [0, 0.05) is 37.0 Å². The zero-order valence-corrected chi connectivity index (χ0v) is 25.3. The Morgan fingerprint density at radius 1 is 0.864 bits per heavy atom. The van der Waals surface area contributed by atoms with Gasteiger partial charge in [0.15, 0.2) is 5.69 Å². The molecule has 1 aliphatic heterocycles. The molecule has 3 amide bonds. The fraction of sp³-hybridized carbons (Fsp3) is 0.200. The molecule has 0 aromatic heterocycles. The quantitative estimate of drug-likeness (QED) is 0.0612. The third-order valence-electron chi connectivity index (χ3n) is 6.56. The Hall–Kier alpha value is -4.95. The molecule has 1 heterocycles. The van der Waals surface area contributed by atoms with E-state index in [9.17, 15) is 24.2 Å². The van der Waals surface area contributed by atoms with Crippen LogP contribution in [0.5, 0.6) is 0 Å². The van der Waals surface area contributed by atoms with Crippen molar-refractivity contribution in [3.8, 4) is 0 Å². The number of hydrogen-bond acceptors (Lipinski definition) is 11. The van der Waals surface area contributed by atoms with Crippen LogP contribution in [0.25, 0.3) is 6.08 Å². The molecular formula is C30H29N7O5S2. The number of hydrogen-bond donors (Lipinski definition) is 5. The van der Waals surface area contributed by atoms with Crippen molar-refractivity contribution in [2.45, 2.75) is 19.3 Å². The van der Waals surface area contributed by atoms with Gasteiger partial charge in [-0.3, -0.25) is 14.4 Å². The number of carbonyl (C=O) groups excluding carboxylic acids is 3. The number of carbonyl (C=O) groups is 3. The highest BCUT2D eigenvalue weighted by molar-refractivity contribution is 8.26. The maximum atomic E-state index is 12.5. The summed E-state index contributed by atoms with van der Waals surface area (Å²) < 4.78 is 0.427. The highest BCUT2D eigenvalue weighted by Crippen LogP contribution is 2.41. The second-order valence-corrected chi connectivity index (χ2v) is 11.3. The van der Waals surface area contributed by atoms with Crippen LogP contribution in [-0.4, -0.2) is 42.2 Å². The first-order valence-corrected chi connectivity index (χ1v) is 14.8. The highest BCUT2D eigenvalue weighted by atomic mass is 32.2. The number of benzene rings is 3. The Kier molecular flexibility index (Phi) is 11.3. The van der Waals surface area contributed by atoms with Crippen molar-refractivity contribution in [2.75, 3.05) is 30.8 Å². The van der Waals surface area contributed by atoms with Gasteiger partial charge in [0.2, 0.25) is 0 Å². The standard InChI is InChI=1S/C30H29N7O5S2/c1-31-25-23(36-41)14-13-22(26(25)37-42)34-21-11-9-20(10-12-21)28(39)33-16-4-2-3-15-32-27(38)19-7-5-18(6-8-19)17-24-29(40)35-30(43)44-24/h5-14,17,31,34H,2-4,15-16H2,1H3,(H,32,38)(H,33,39)(H,35,40,43)/b24-17-. The summed E-state index contributed by atoms with van der Waals surface area (Å²) in [6.07, 6.45) is 4.05. The summed E-state index contributed by atoms with van der Waals surface area (Å²) in [7, 11) is 1.56. The molecule has 0 radical (unpaired) electrons. The maximum Gasteiger partial charge on any atom is 0.263 e. The zero-order valence-electron chi connectivity index (χ0n) is 23.6. The van der Waals surface area contributed by atoms with Gasteiger partial charge in [-0.15, -0.1) is 9.81 Å². The molecular weight excluding hydrogens is 603 g/mol. The Balaban J connectivity index is 1.15. The molecule has 1 saturated heterocycles. The molecule has 226 valence electrons. The third-order valence-corrected chi connectivity index (χ3v) is 7.72. The third kappa shape index (κ3) is 8.33. The van der Waals surface area contributed by atoms with Crippen LogP contribution in [0.15, 0.2) is 75.9 Å². The van der Waals surface area contributed by atoms with Crippen LogP contribution in [0, 0.1) is 9.81 Å². The van der Waals surface area contributed by atoms with Crippen molar-refractivity contribution in [3.05, 3.63) is 92.1 Å². The summed E-state index contributed by atoms with van der Waals surface area (Å²) in [6, 6.07) is 16.7. The SMILES string of the molecule is CNc1c(N=O)ccc(Nc2ccc(C(=O)NCCCCCNC(=O)c3ccc(/C=C4\SC(=S)NC4=O)cc3)cc2)c1N=O. The number of nitrogens with one attached hydrogen (secondary N) is 5. The number of rotatable bonds is 14. The van der Waals surface area contributed by atoms with Gasteiger partial charge in [0.25, 0.3) is 17.7 Å². The van der Waals surface area contributed by atoms with E-state index in [4.69, 9.17) is 12.2 Å². The smallest absolute Gasteiger partial charge is 0.263 e. The van der Waals surface area contributed by atoms with Crippen molar-refractivity contribution >= 4 is 80.5 Å². The average Bonchev–Trinajstić information content (AvgIpc) is 3.36. The summed E-state index contributed by atoms with van der Waals surface area (Å²) in [5.74, 6) is -0.617. The minimum absolute atomic E-state index is 0.0239. The van der Waals surface area contributed by atoms with Crippen molar-refractivity contribution in [3.63, 3.8) is 0 Å². The topological polar surface area (TPSA) is 170 Å². The van der Waals surface area contributed by atoms with E-state index >= 15 is 0 Å². The van der Waals surface area contributed by atoms with Crippen LogP contribution in [0.1, 0.15) is 45.5 Å². The van der Waals surface area contributed by atoms with Gasteiger partial charge in [-0.05, 0) is 89.8 Å². The number of nitrogens with zero attached hydrogens (tertiary/aromatic N) is 2. The summed E-state index contributed by atoms with van der Waals surface area (Å²) in [6.45, 7) is 0.996. The molecule has 5 N–H and O–H groups in total. The zero-order chi connectivity index (χ0) is 31.5. The van der Waals surface area contributed by atoms with Gasteiger partial charge >= 0.3 is 0 Å². The lowest BCUT2D eigenvalue weighted by atomic mass is 10.1. The van der Waals surface area contributed by atoms with Gasteiger partial charge < -0.3 is 26.6 Å². The van der Waals surface area contributed by atoms with E-state index in [-0.39, 0.29) is 34.8 Å². The number of unbranched alkanes of at least 4 members (excludes halogenated alkanes) is 2. The molecule has 44 heavy (non-hydrogen) atoms. The Morgan fingerprint density at radius 2 is 1.48 bits per heavy atom. The van der Waals surface area contributed by atoms with E-state index in [0.717, 1.165) is 24.8 Å². The van der Waals surface area contributed by atoms with Gasteiger partial charge in [0.1, 0.15) is 10.0 Å². The monoisotopic (exact) mass is 631 g/mol. The molecule has 1 aliphatic rings. The van der Waals surface area contributed by atoms with Gasteiger partial charge in [-0.25, -0.2) is 0 Å². The van der Waals surface area contributed by atoms with Crippen molar-refractivity contribution < 1.29 is 14.4 Å². The number of amides is 3. The van der Waals surface area contributed by atoms with E-state index in [0.29, 0.717) is 44.8 Å². The molecule has 0 aliphatic carbocycles. The second-order valence-electron chi connectivity index (χ2n) is 9.54. The molecule has 0 atom stereocenters. The Morgan fingerprint density at radius 3 is 2.00 bits per heavy atom. The van der Waals surface area contributed by atoms with Crippen LogP contribution in [0.3, 0.4) is 0 Å². The molecule has 12 nitrogen and oxygen atoms in total. The molecule has 3 aromatic carbocycles. The van der Waals surface area contributed by atoms with E-state index in [1.807, 2.05) is 0 Å². The Bertz CT molecular complexity index is 1610. The average molecular weight is 632 g/mol. The van der Waals surface area contributed by atoms with Crippen molar-refractivity contribution in [1.29, 1.82) is 0 Å². The summed E-state index contributed by atoms with van der Waals surface area (Å²) in [5, 5.41) is 20.1. The minimum atomic E-state index is -0.222. The number of nitroso groups, excluding NO2 is 2. The van der Waals surface area contributed by atoms with Crippen LogP contribution >= 0.6 is 24.0 Å². The largest absolute Gasteiger partial charge is 0.384 e. The minimum Gasteiger partial charge on any atom is -0.384 e. The lowest BCUT2D eigenvalue weighted by molar-refractivity contribution is -0.115. The molecule has 1 fully saturated rings. The summed E-state index contributed by atoms with van der Waals surface area (Å²) in [4.78, 5) is 59.6. The molecule has 0 bridgehead atoms. The Labute approximate surface area is 262 Å². The van der Waals surface area contributed by atoms with Crippen LogP contribution in [0.4, 0.5) is 28.4 Å². The maximum absolute atomic E-state index is 12.5. The first-order valence-electron chi connectivity index (χ1n) is 13.6. The van der Waals surface area contributed by atoms with E-state index in [1.165, 1.54) is 23.9 Å². The first-order chi connectivity index (χ1) is 21.3. The molecule has 4 rings (SSSR count). The first kappa shape index (κ1) is 32.0. The number of thiocarbonyl (C=S) groups is 1. The predicted octanol–water partition coefficient (Wildman–Crippen LogP) is 6.09. The summed E-state index contributed by atoms with van der Waals surface area (Å²) >= 11 is 6.19. The van der Waals surface area contributed by atoms with Gasteiger partial charge in [0.05, 0.1) is 16.3 Å². The fourth-order valence-corrected chi connectivity index (χ4v) is 5.34. The van der Waals surface area contributed by atoms with E-state index in [1.54, 1.807) is 61.7 Å². The second kappa shape index (κ2) is 15.5. The van der Waals surface area contributed by atoms with Crippen molar-refractivity contribution in [1.82, 2.24) is 16.0 Å². The lowest BCUT2D eigenvalue weighted by Gasteiger charge is -2.13.